The summed E-state index contributed by atoms with van der Waals surface area (Å²) in [5.41, 5.74) is 6.11. The van der Waals surface area contributed by atoms with Crippen molar-refractivity contribution in [1.82, 2.24) is 0 Å². The second-order valence-corrected chi connectivity index (χ2v) is 9.88. The van der Waals surface area contributed by atoms with Crippen LogP contribution in [0.15, 0.2) is 58.7 Å². The van der Waals surface area contributed by atoms with Gasteiger partial charge in [-0.05, 0) is 113 Å². The Kier molecular flexibility index (Phi) is 13.0. The molecular weight excluding hydrogens is 364 g/mol. The number of rotatable bonds is 15. The monoisotopic (exact) mass is 412 g/mol. The van der Waals surface area contributed by atoms with Crippen LogP contribution in [0.5, 0.6) is 0 Å². The standard InChI is InChI=1S/C29H48O/c1-24(2)16-11-9-8-10-12-17-25(3)18-13-14-19-26(4)20-15-21-27(5)22-23-28-29(6,7)30-28/h8,10,16,18-19,21,28H,9,11-15,17,20,22-23H2,1-7H3/b10-8+,25-18+,26-19+,27-21+. The highest BCUT2D eigenvalue weighted by atomic mass is 16.6. The van der Waals surface area contributed by atoms with Crippen molar-refractivity contribution in [3.8, 4) is 0 Å². The summed E-state index contributed by atoms with van der Waals surface area (Å²) >= 11 is 0. The van der Waals surface area contributed by atoms with E-state index in [1.54, 1.807) is 0 Å². The van der Waals surface area contributed by atoms with Crippen LogP contribution in [0.2, 0.25) is 0 Å². The summed E-state index contributed by atoms with van der Waals surface area (Å²) in [5.74, 6) is 0. The van der Waals surface area contributed by atoms with Crippen LogP contribution >= 0.6 is 0 Å². The first-order valence-corrected chi connectivity index (χ1v) is 12.1. The predicted octanol–water partition coefficient (Wildman–Crippen LogP) is 9.43. The Bertz CT molecular complexity index is 635. The Morgan fingerprint density at radius 2 is 1.10 bits per heavy atom. The lowest BCUT2D eigenvalue weighted by atomic mass is 10.0. The predicted molar refractivity (Wildman–Crippen MR) is 135 cm³/mol. The summed E-state index contributed by atoms with van der Waals surface area (Å²) in [4.78, 5) is 0. The summed E-state index contributed by atoms with van der Waals surface area (Å²) in [5, 5.41) is 0. The number of unbranched alkanes of at least 4 members (excludes halogenated alkanes) is 2. The van der Waals surface area contributed by atoms with Gasteiger partial charge in [-0.15, -0.1) is 0 Å². The third-order valence-corrected chi connectivity index (χ3v) is 5.91. The molecule has 1 aliphatic heterocycles. The van der Waals surface area contributed by atoms with Gasteiger partial charge in [0.05, 0.1) is 11.7 Å². The molecule has 0 aromatic heterocycles. The molecule has 0 aromatic carbocycles. The molecule has 1 aliphatic rings. The van der Waals surface area contributed by atoms with Crippen molar-refractivity contribution in [2.24, 2.45) is 0 Å². The molecule has 0 aromatic rings. The first kappa shape index (κ1) is 26.7. The summed E-state index contributed by atoms with van der Waals surface area (Å²) in [6, 6.07) is 0. The molecule has 1 heteroatoms. The molecule has 1 rings (SSSR count). The third-order valence-electron chi connectivity index (χ3n) is 5.91. The average Bonchev–Trinajstić information content (AvgIpc) is 3.29. The quantitative estimate of drug-likeness (QED) is 0.148. The molecule has 0 bridgehead atoms. The van der Waals surface area contributed by atoms with Crippen molar-refractivity contribution in [1.29, 1.82) is 0 Å². The van der Waals surface area contributed by atoms with Crippen molar-refractivity contribution in [3.63, 3.8) is 0 Å². The van der Waals surface area contributed by atoms with Gasteiger partial charge in [0.25, 0.3) is 0 Å². The number of hydrogen-bond acceptors (Lipinski definition) is 1. The molecule has 0 saturated carbocycles. The van der Waals surface area contributed by atoms with Crippen molar-refractivity contribution in [3.05, 3.63) is 58.7 Å². The summed E-state index contributed by atoms with van der Waals surface area (Å²) in [6.07, 6.45) is 26.4. The highest BCUT2D eigenvalue weighted by molar-refractivity contribution is 5.07. The van der Waals surface area contributed by atoms with Crippen LogP contribution in [0, 0.1) is 0 Å². The fourth-order valence-corrected chi connectivity index (χ4v) is 3.62. The molecule has 0 spiro atoms. The fraction of sp³-hybridized carbons (Fsp3) is 0.655. The second kappa shape index (κ2) is 14.6. The number of ether oxygens (including phenoxy) is 1. The van der Waals surface area contributed by atoms with E-state index in [4.69, 9.17) is 4.74 Å². The van der Waals surface area contributed by atoms with Crippen LogP contribution in [0.1, 0.15) is 113 Å². The number of epoxide rings is 1. The Balaban J connectivity index is 2.10. The lowest BCUT2D eigenvalue weighted by Crippen LogP contribution is -2.02. The first-order valence-electron chi connectivity index (χ1n) is 12.1. The molecule has 0 N–H and O–H groups in total. The molecule has 30 heavy (non-hydrogen) atoms. The highest BCUT2D eigenvalue weighted by Gasteiger charge is 2.46. The van der Waals surface area contributed by atoms with Crippen LogP contribution in [-0.4, -0.2) is 11.7 Å². The van der Waals surface area contributed by atoms with Crippen molar-refractivity contribution >= 4 is 0 Å². The SMILES string of the molecule is CC(C)=CCC/C=C/CC/C(C)=C/CC/C=C(\C)CC/C=C(\C)CCC1OC1(C)C. The van der Waals surface area contributed by atoms with E-state index in [-0.39, 0.29) is 5.60 Å². The van der Waals surface area contributed by atoms with E-state index in [1.165, 1.54) is 80.1 Å². The second-order valence-electron chi connectivity index (χ2n) is 9.88. The van der Waals surface area contributed by atoms with Crippen LogP contribution < -0.4 is 0 Å². The summed E-state index contributed by atoms with van der Waals surface area (Å²) in [7, 11) is 0. The smallest absolute Gasteiger partial charge is 0.0892 e. The lowest BCUT2D eigenvalue weighted by Gasteiger charge is -2.02. The Hall–Kier alpha value is -1.34. The van der Waals surface area contributed by atoms with Crippen LogP contribution in [0.4, 0.5) is 0 Å². The van der Waals surface area contributed by atoms with Gasteiger partial charge >= 0.3 is 0 Å². The molecule has 1 atom stereocenters. The molecule has 1 unspecified atom stereocenters. The summed E-state index contributed by atoms with van der Waals surface area (Å²) in [6.45, 7) is 15.5. The topological polar surface area (TPSA) is 12.5 Å². The zero-order valence-electron chi connectivity index (χ0n) is 21.0. The van der Waals surface area contributed by atoms with Gasteiger partial charge in [-0.1, -0.05) is 58.7 Å². The molecular formula is C29H48O. The van der Waals surface area contributed by atoms with E-state index in [9.17, 15) is 0 Å². The van der Waals surface area contributed by atoms with Crippen molar-refractivity contribution < 1.29 is 4.74 Å². The number of allylic oxidation sites excluding steroid dienone is 10. The molecule has 0 radical (unpaired) electrons. The van der Waals surface area contributed by atoms with Gasteiger partial charge in [0.15, 0.2) is 0 Å². The van der Waals surface area contributed by atoms with Gasteiger partial charge in [-0.2, -0.15) is 0 Å². The minimum absolute atomic E-state index is 0.133. The first-order chi connectivity index (χ1) is 14.2. The van der Waals surface area contributed by atoms with Crippen molar-refractivity contribution in [2.75, 3.05) is 0 Å². The van der Waals surface area contributed by atoms with Crippen LogP contribution in [-0.2, 0) is 4.74 Å². The minimum Gasteiger partial charge on any atom is -0.367 e. The normalized spacial score (nSPS) is 19.4. The van der Waals surface area contributed by atoms with Gasteiger partial charge in [0, 0.05) is 0 Å². The zero-order valence-corrected chi connectivity index (χ0v) is 21.0. The van der Waals surface area contributed by atoms with E-state index in [0.29, 0.717) is 6.10 Å². The van der Waals surface area contributed by atoms with Crippen LogP contribution in [0.25, 0.3) is 0 Å². The number of hydrogen-bond donors (Lipinski definition) is 0. The Morgan fingerprint density at radius 1 is 0.633 bits per heavy atom. The van der Waals surface area contributed by atoms with E-state index in [1.807, 2.05) is 0 Å². The van der Waals surface area contributed by atoms with Gasteiger partial charge in [0.1, 0.15) is 0 Å². The van der Waals surface area contributed by atoms with Gasteiger partial charge in [-0.25, -0.2) is 0 Å². The van der Waals surface area contributed by atoms with Crippen LogP contribution in [0.3, 0.4) is 0 Å². The molecule has 1 saturated heterocycles. The van der Waals surface area contributed by atoms with E-state index in [2.05, 4.69) is 84.9 Å². The molecule has 1 nitrogen and oxygen atoms in total. The maximum Gasteiger partial charge on any atom is 0.0892 e. The molecule has 0 aliphatic carbocycles. The molecule has 170 valence electrons. The molecule has 1 fully saturated rings. The van der Waals surface area contributed by atoms with E-state index < -0.39 is 0 Å². The largest absolute Gasteiger partial charge is 0.367 e. The van der Waals surface area contributed by atoms with Gasteiger partial charge in [0.2, 0.25) is 0 Å². The van der Waals surface area contributed by atoms with Crippen molar-refractivity contribution in [2.45, 2.75) is 124 Å². The van der Waals surface area contributed by atoms with Gasteiger partial charge in [-0.3, -0.25) is 0 Å². The van der Waals surface area contributed by atoms with E-state index >= 15 is 0 Å². The average molecular weight is 413 g/mol. The third kappa shape index (κ3) is 13.8. The maximum absolute atomic E-state index is 5.67. The molecule has 0 amide bonds. The zero-order chi connectivity index (χ0) is 22.4. The minimum atomic E-state index is 0.133. The fourth-order valence-electron chi connectivity index (χ4n) is 3.62. The summed E-state index contributed by atoms with van der Waals surface area (Å²) < 4.78 is 5.67. The Labute approximate surface area is 188 Å². The molecule has 1 heterocycles. The maximum atomic E-state index is 5.67. The lowest BCUT2D eigenvalue weighted by molar-refractivity contribution is 0.320. The highest BCUT2D eigenvalue weighted by Crippen LogP contribution is 2.38. The Morgan fingerprint density at radius 3 is 1.67 bits per heavy atom. The van der Waals surface area contributed by atoms with E-state index in [0.717, 1.165) is 6.42 Å². The van der Waals surface area contributed by atoms with Gasteiger partial charge < -0.3 is 4.74 Å².